The lowest BCUT2D eigenvalue weighted by atomic mass is 9.99. The minimum atomic E-state index is -0.507. The highest BCUT2D eigenvalue weighted by molar-refractivity contribution is 5.97. The van der Waals surface area contributed by atoms with Gasteiger partial charge >= 0.3 is 0 Å². The van der Waals surface area contributed by atoms with E-state index in [1.807, 2.05) is 4.68 Å². The number of rotatable bonds is 2. The molecule has 24 heavy (non-hydrogen) atoms. The van der Waals surface area contributed by atoms with Crippen LogP contribution in [0.25, 0.3) is 0 Å². The van der Waals surface area contributed by atoms with Crippen molar-refractivity contribution in [1.29, 1.82) is 0 Å². The molecular weight excluding hydrogens is 310 g/mol. The number of likely N-dealkylation sites (tertiary alicyclic amines) is 1. The highest BCUT2D eigenvalue weighted by Gasteiger charge is 2.38. The summed E-state index contributed by atoms with van der Waals surface area (Å²) in [5.74, 6) is -0.579. The lowest BCUT2D eigenvalue weighted by Gasteiger charge is -2.41. The van der Waals surface area contributed by atoms with Crippen molar-refractivity contribution in [2.75, 3.05) is 13.1 Å². The fourth-order valence-electron chi connectivity index (χ4n) is 3.32. The average molecular weight is 327 g/mol. The van der Waals surface area contributed by atoms with Gasteiger partial charge in [-0.1, -0.05) is 5.21 Å². The fourth-order valence-corrected chi connectivity index (χ4v) is 3.32. The summed E-state index contributed by atoms with van der Waals surface area (Å²) >= 11 is 0. The second kappa shape index (κ2) is 5.72. The van der Waals surface area contributed by atoms with Gasteiger partial charge in [-0.15, -0.1) is 5.10 Å². The molecule has 2 aliphatic heterocycles. The Morgan fingerprint density at radius 2 is 1.96 bits per heavy atom. The molecule has 4 rings (SSSR count). The smallest absolute Gasteiger partial charge is 0.253 e. The Labute approximate surface area is 138 Å². The van der Waals surface area contributed by atoms with Crippen molar-refractivity contribution >= 4 is 11.8 Å². The third-order valence-corrected chi connectivity index (χ3v) is 4.63. The van der Waals surface area contributed by atoms with Crippen molar-refractivity contribution in [2.24, 2.45) is 5.73 Å². The van der Waals surface area contributed by atoms with E-state index in [-0.39, 0.29) is 18.1 Å². The van der Waals surface area contributed by atoms with Crippen LogP contribution in [-0.2, 0) is 11.3 Å². The zero-order chi connectivity index (χ0) is 16.7. The molecule has 0 saturated carbocycles. The Balaban J connectivity index is 1.53. The molecule has 8 nitrogen and oxygen atoms in total. The number of fused-ring (bicyclic) bond motifs is 3. The largest absolute Gasteiger partial charge is 0.370 e. The van der Waals surface area contributed by atoms with Crippen molar-refractivity contribution in [3.8, 4) is 0 Å². The summed E-state index contributed by atoms with van der Waals surface area (Å²) in [4.78, 5) is 25.7. The molecule has 0 radical (unpaired) electrons. The van der Waals surface area contributed by atoms with E-state index < -0.39 is 5.91 Å². The van der Waals surface area contributed by atoms with Gasteiger partial charge in [0.15, 0.2) is 0 Å². The number of ether oxygens (including phenoxy) is 1. The number of piperidine rings is 1. The number of amides is 2. The van der Waals surface area contributed by atoms with E-state index in [0.29, 0.717) is 30.8 Å². The van der Waals surface area contributed by atoms with Crippen molar-refractivity contribution < 1.29 is 14.3 Å². The lowest BCUT2D eigenvalue weighted by Crippen LogP contribution is -2.49. The SMILES string of the molecule is NC(=O)c1ccc(C(=O)N2CC[C@@H]3OCc4cnnn4[C@H]3C2)cc1. The maximum Gasteiger partial charge on any atom is 0.253 e. The van der Waals surface area contributed by atoms with Gasteiger partial charge in [0.05, 0.1) is 30.6 Å². The highest BCUT2D eigenvalue weighted by Crippen LogP contribution is 2.30. The first kappa shape index (κ1) is 14.8. The summed E-state index contributed by atoms with van der Waals surface area (Å²) in [6.45, 7) is 1.66. The van der Waals surface area contributed by atoms with E-state index in [4.69, 9.17) is 10.5 Å². The first-order chi connectivity index (χ1) is 11.6. The molecule has 0 spiro atoms. The van der Waals surface area contributed by atoms with Crippen LogP contribution >= 0.6 is 0 Å². The van der Waals surface area contributed by atoms with Gasteiger partial charge in [0.25, 0.3) is 5.91 Å². The van der Waals surface area contributed by atoms with Gasteiger partial charge in [-0.2, -0.15) is 0 Å². The Morgan fingerprint density at radius 1 is 1.21 bits per heavy atom. The molecule has 1 fully saturated rings. The number of nitrogens with zero attached hydrogens (tertiary/aromatic N) is 4. The monoisotopic (exact) mass is 327 g/mol. The van der Waals surface area contributed by atoms with Crippen LogP contribution in [0.1, 0.15) is 38.9 Å². The van der Waals surface area contributed by atoms with Crippen LogP contribution in [0, 0.1) is 0 Å². The zero-order valence-electron chi connectivity index (χ0n) is 13.0. The summed E-state index contributed by atoms with van der Waals surface area (Å²) in [5.41, 5.74) is 7.08. The van der Waals surface area contributed by atoms with Gasteiger partial charge in [-0.3, -0.25) is 9.59 Å². The molecule has 1 saturated heterocycles. The molecule has 2 atom stereocenters. The van der Waals surface area contributed by atoms with Gasteiger partial charge in [-0.05, 0) is 30.7 Å². The number of aromatic nitrogens is 3. The number of primary amides is 1. The topological polar surface area (TPSA) is 103 Å². The molecule has 0 bridgehead atoms. The van der Waals surface area contributed by atoms with E-state index in [1.54, 1.807) is 35.4 Å². The first-order valence-electron chi connectivity index (χ1n) is 7.83. The second-order valence-electron chi connectivity index (χ2n) is 6.07. The molecule has 8 heteroatoms. The van der Waals surface area contributed by atoms with Crippen molar-refractivity contribution in [3.05, 3.63) is 47.3 Å². The standard InChI is InChI=1S/C16H17N5O3/c17-15(22)10-1-3-11(4-2-10)16(23)20-6-5-14-13(8-20)21-12(9-24-14)7-18-19-21/h1-4,7,13-14H,5-6,8-9H2,(H2,17,22)/t13-,14-/m0/s1. The molecule has 2 aliphatic rings. The maximum absolute atomic E-state index is 12.7. The Hall–Kier alpha value is -2.74. The molecular formula is C16H17N5O3. The van der Waals surface area contributed by atoms with E-state index >= 15 is 0 Å². The van der Waals surface area contributed by atoms with Crippen LogP contribution in [-0.4, -0.2) is 50.9 Å². The average Bonchev–Trinajstić information content (AvgIpc) is 3.10. The van der Waals surface area contributed by atoms with Crippen LogP contribution in [0.4, 0.5) is 0 Å². The Morgan fingerprint density at radius 3 is 2.71 bits per heavy atom. The highest BCUT2D eigenvalue weighted by atomic mass is 16.5. The fraction of sp³-hybridized carbons (Fsp3) is 0.375. The molecule has 2 amide bonds. The van der Waals surface area contributed by atoms with E-state index in [0.717, 1.165) is 12.1 Å². The Kier molecular flexibility index (Phi) is 3.53. The number of carbonyl (C=O) groups excluding carboxylic acids is 2. The van der Waals surface area contributed by atoms with E-state index in [9.17, 15) is 9.59 Å². The van der Waals surface area contributed by atoms with Crippen LogP contribution in [0.2, 0.25) is 0 Å². The van der Waals surface area contributed by atoms with Crippen molar-refractivity contribution in [1.82, 2.24) is 19.9 Å². The summed E-state index contributed by atoms with van der Waals surface area (Å²) in [6, 6.07) is 6.39. The molecule has 124 valence electrons. The summed E-state index contributed by atoms with van der Waals surface area (Å²) < 4.78 is 7.72. The number of hydrogen-bond donors (Lipinski definition) is 1. The quantitative estimate of drug-likeness (QED) is 0.858. The minimum Gasteiger partial charge on any atom is -0.370 e. The number of benzene rings is 1. The van der Waals surface area contributed by atoms with Crippen molar-refractivity contribution in [2.45, 2.75) is 25.2 Å². The van der Waals surface area contributed by atoms with Crippen LogP contribution in [0.15, 0.2) is 30.5 Å². The van der Waals surface area contributed by atoms with Crippen LogP contribution in [0.5, 0.6) is 0 Å². The third-order valence-electron chi connectivity index (χ3n) is 4.63. The lowest BCUT2D eigenvalue weighted by molar-refractivity contribution is -0.0605. The molecule has 3 heterocycles. The van der Waals surface area contributed by atoms with Crippen LogP contribution in [0.3, 0.4) is 0 Å². The predicted molar refractivity (Wildman–Crippen MR) is 83.1 cm³/mol. The summed E-state index contributed by atoms with van der Waals surface area (Å²) in [6.07, 6.45) is 2.51. The Bertz CT molecular complexity index is 785. The zero-order valence-corrected chi connectivity index (χ0v) is 13.0. The first-order valence-corrected chi connectivity index (χ1v) is 7.83. The molecule has 2 N–H and O–H groups in total. The molecule has 0 unspecified atom stereocenters. The van der Waals surface area contributed by atoms with Gasteiger partial charge < -0.3 is 15.4 Å². The van der Waals surface area contributed by atoms with Crippen molar-refractivity contribution in [3.63, 3.8) is 0 Å². The van der Waals surface area contributed by atoms with E-state index in [2.05, 4.69) is 10.3 Å². The van der Waals surface area contributed by atoms with Gasteiger partial charge in [0.2, 0.25) is 5.91 Å². The van der Waals surface area contributed by atoms with Gasteiger partial charge in [-0.25, -0.2) is 4.68 Å². The molecule has 1 aromatic carbocycles. The number of nitrogens with two attached hydrogens (primary N) is 1. The molecule has 2 aromatic rings. The maximum atomic E-state index is 12.7. The molecule has 1 aromatic heterocycles. The van der Waals surface area contributed by atoms with Crippen LogP contribution < -0.4 is 5.73 Å². The molecule has 0 aliphatic carbocycles. The number of hydrogen-bond acceptors (Lipinski definition) is 5. The third kappa shape index (κ3) is 2.44. The second-order valence-corrected chi connectivity index (χ2v) is 6.07. The number of carbonyl (C=O) groups is 2. The summed E-state index contributed by atoms with van der Waals surface area (Å²) in [5, 5.41) is 8.07. The van der Waals surface area contributed by atoms with E-state index in [1.165, 1.54) is 0 Å². The normalized spacial score (nSPS) is 22.6. The summed E-state index contributed by atoms with van der Waals surface area (Å²) in [7, 11) is 0. The van der Waals surface area contributed by atoms with Gasteiger partial charge in [0, 0.05) is 24.2 Å². The minimum absolute atomic E-state index is 0.0150. The van der Waals surface area contributed by atoms with Gasteiger partial charge in [0.1, 0.15) is 0 Å². The predicted octanol–water partition coefficient (Wildman–Crippen LogP) is 0.363.